The third kappa shape index (κ3) is 3.40. The molecule has 0 aromatic rings. The molecule has 1 nitrogen and oxygen atoms in total. The Morgan fingerprint density at radius 3 is 2.40 bits per heavy atom. The Kier molecular flexibility index (Phi) is 4.72. The molecule has 3 rings (SSSR count). The summed E-state index contributed by atoms with van der Waals surface area (Å²) in [6.07, 6.45) is 18.0. The van der Waals surface area contributed by atoms with Crippen LogP contribution in [-0.2, 0) is 0 Å². The maximum atomic E-state index is 5.64. The van der Waals surface area contributed by atoms with Crippen molar-refractivity contribution in [3.63, 3.8) is 0 Å². The monoisotopic (exact) mass is 273 g/mol. The topological polar surface area (TPSA) is 12.0 Å². The van der Waals surface area contributed by atoms with Gasteiger partial charge < -0.3 is 5.32 Å². The highest BCUT2D eigenvalue weighted by Crippen LogP contribution is 2.51. The van der Waals surface area contributed by atoms with Gasteiger partial charge in [-0.2, -0.15) is 0 Å². The van der Waals surface area contributed by atoms with Crippen molar-refractivity contribution in [2.45, 2.75) is 70.8 Å². The summed E-state index contributed by atoms with van der Waals surface area (Å²) >= 11 is 0. The Labute approximate surface area is 125 Å². The van der Waals surface area contributed by atoms with Gasteiger partial charge in [0.2, 0.25) is 0 Å². The normalized spacial score (nSPS) is 38.2. The minimum Gasteiger partial charge on any atom is -0.314 e. The molecule has 1 heteroatoms. The summed E-state index contributed by atoms with van der Waals surface area (Å²) in [5.74, 6) is 7.59. The molecule has 4 atom stereocenters. The van der Waals surface area contributed by atoms with Gasteiger partial charge in [-0.05, 0) is 74.7 Å². The lowest BCUT2D eigenvalue weighted by Gasteiger charge is -2.35. The maximum absolute atomic E-state index is 5.64. The molecule has 0 aliphatic heterocycles. The summed E-state index contributed by atoms with van der Waals surface area (Å²) in [6.45, 7) is 3.69. The molecule has 3 aliphatic rings. The Morgan fingerprint density at radius 2 is 1.80 bits per heavy atom. The van der Waals surface area contributed by atoms with Gasteiger partial charge in [-0.1, -0.05) is 19.8 Å². The fourth-order valence-electron chi connectivity index (χ4n) is 4.78. The van der Waals surface area contributed by atoms with Gasteiger partial charge in [-0.3, -0.25) is 0 Å². The molecule has 0 heterocycles. The van der Waals surface area contributed by atoms with E-state index >= 15 is 0 Å². The predicted molar refractivity (Wildman–Crippen MR) is 85.3 cm³/mol. The second-order valence-corrected chi connectivity index (χ2v) is 7.53. The molecule has 112 valence electrons. The fourth-order valence-corrected chi connectivity index (χ4v) is 4.78. The first-order valence-corrected chi connectivity index (χ1v) is 9.00. The van der Waals surface area contributed by atoms with Crippen LogP contribution in [0.3, 0.4) is 0 Å². The molecule has 0 saturated heterocycles. The molecule has 0 aromatic heterocycles. The Balaban J connectivity index is 1.69. The van der Waals surface area contributed by atoms with Gasteiger partial charge in [-0.25, -0.2) is 0 Å². The number of hydrogen-bond donors (Lipinski definition) is 1. The van der Waals surface area contributed by atoms with Crippen molar-refractivity contribution in [3.8, 4) is 12.3 Å². The summed E-state index contributed by atoms with van der Waals surface area (Å²) in [5.41, 5.74) is 0. The van der Waals surface area contributed by atoms with Gasteiger partial charge in [0, 0.05) is 12.5 Å². The van der Waals surface area contributed by atoms with Gasteiger partial charge >= 0.3 is 0 Å². The molecule has 3 aliphatic carbocycles. The van der Waals surface area contributed by atoms with E-state index in [1.807, 2.05) is 0 Å². The second kappa shape index (κ2) is 6.52. The summed E-state index contributed by atoms with van der Waals surface area (Å²) in [5, 5.41) is 3.82. The SMILES string of the molecule is C#CCC1CCCC(CNC2CC2)C(C2CC2)[C@H]1CC. The molecule has 0 bridgehead atoms. The molecule has 3 saturated carbocycles. The lowest BCUT2D eigenvalue weighted by Crippen LogP contribution is -2.35. The van der Waals surface area contributed by atoms with E-state index in [4.69, 9.17) is 6.42 Å². The van der Waals surface area contributed by atoms with Crippen molar-refractivity contribution >= 4 is 0 Å². The van der Waals surface area contributed by atoms with Crippen molar-refractivity contribution in [3.05, 3.63) is 0 Å². The summed E-state index contributed by atoms with van der Waals surface area (Å²) < 4.78 is 0. The minimum atomic E-state index is 0.807. The largest absolute Gasteiger partial charge is 0.314 e. The third-order valence-electron chi connectivity index (χ3n) is 6.06. The van der Waals surface area contributed by atoms with Gasteiger partial charge in [0.25, 0.3) is 0 Å². The first-order chi connectivity index (χ1) is 9.83. The van der Waals surface area contributed by atoms with Crippen molar-refractivity contribution < 1.29 is 0 Å². The van der Waals surface area contributed by atoms with Crippen molar-refractivity contribution in [2.75, 3.05) is 6.54 Å². The molecular weight excluding hydrogens is 242 g/mol. The molecule has 3 fully saturated rings. The quantitative estimate of drug-likeness (QED) is 0.564. The van der Waals surface area contributed by atoms with E-state index in [1.165, 1.54) is 57.9 Å². The van der Waals surface area contributed by atoms with E-state index in [0.717, 1.165) is 42.1 Å². The van der Waals surface area contributed by atoms with Crippen molar-refractivity contribution in [1.82, 2.24) is 5.32 Å². The lowest BCUT2D eigenvalue weighted by molar-refractivity contribution is 0.147. The van der Waals surface area contributed by atoms with Crippen LogP contribution in [0.25, 0.3) is 0 Å². The number of terminal acetylenes is 1. The van der Waals surface area contributed by atoms with E-state index in [-0.39, 0.29) is 0 Å². The summed E-state index contributed by atoms with van der Waals surface area (Å²) in [4.78, 5) is 0. The van der Waals surface area contributed by atoms with Crippen LogP contribution in [-0.4, -0.2) is 12.6 Å². The third-order valence-corrected chi connectivity index (χ3v) is 6.06. The molecule has 20 heavy (non-hydrogen) atoms. The van der Waals surface area contributed by atoms with Crippen LogP contribution in [0, 0.1) is 41.9 Å². The first-order valence-electron chi connectivity index (χ1n) is 9.00. The van der Waals surface area contributed by atoms with Crippen LogP contribution in [0.1, 0.15) is 64.7 Å². The predicted octanol–water partition coefficient (Wildman–Crippen LogP) is 4.23. The van der Waals surface area contributed by atoms with Crippen LogP contribution < -0.4 is 5.32 Å². The van der Waals surface area contributed by atoms with Crippen LogP contribution in [0.4, 0.5) is 0 Å². The minimum absolute atomic E-state index is 0.807. The number of rotatable bonds is 6. The average molecular weight is 273 g/mol. The van der Waals surface area contributed by atoms with Gasteiger partial charge in [0.05, 0.1) is 0 Å². The highest BCUT2D eigenvalue weighted by atomic mass is 14.9. The molecule has 3 unspecified atom stereocenters. The maximum Gasteiger partial charge on any atom is 0.0117 e. The average Bonchev–Trinajstić information content (AvgIpc) is 3.29. The molecule has 0 spiro atoms. The summed E-state index contributed by atoms with van der Waals surface area (Å²) in [7, 11) is 0. The molecule has 0 aromatic carbocycles. The summed E-state index contributed by atoms with van der Waals surface area (Å²) in [6, 6.07) is 0.861. The van der Waals surface area contributed by atoms with Crippen LogP contribution >= 0.6 is 0 Å². The smallest absolute Gasteiger partial charge is 0.0117 e. The van der Waals surface area contributed by atoms with E-state index < -0.39 is 0 Å². The zero-order valence-electron chi connectivity index (χ0n) is 13.1. The Hall–Kier alpha value is -0.480. The fraction of sp³-hybridized carbons (Fsp3) is 0.895. The van der Waals surface area contributed by atoms with Crippen molar-refractivity contribution in [2.24, 2.45) is 29.6 Å². The van der Waals surface area contributed by atoms with Gasteiger partial charge in [-0.15, -0.1) is 12.3 Å². The Bertz CT molecular complexity index is 347. The van der Waals surface area contributed by atoms with Crippen molar-refractivity contribution in [1.29, 1.82) is 0 Å². The van der Waals surface area contributed by atoms with E-state index in [2.05, 4.69) is 18.2 Å². The van der Waals surface area contributed by atoms with E-state index in [1.54, 1.807) is 0 Å². The number of hydrogen-bond acceptors (Lipinski definition) is 1. The first kappa shape index (κ1) is 14.5. The highest BCUT2D eigenvalue weighted by molar-refractivity contribution is 4.98. The van der Waals surface area contributed by atoms with Gasteiger partial charge in [0.1, 0.15) is 0 Å². The molecule has 0 amide bonds. The standard InChI is InChI=1S/C19H31N/c1-3-6-14-7-5-8-16(13-20-17-11-12-17)19(15-9-10-15)18(14)4-2/h1,14-20H,4-13H2,2H3/t14?,16?,18-,19?/m0/s1. The van der Waals surface area contributed by atoms with Gasteiger partial charge in [0.15, 0.2) is 0 Å². The van der Waals surface area contributed by atoms with E-state index in [9.17, 15) is 0 Å². The van der Waals surface area contributed by atoms with Crippen LogP contribution in [0.15, 0.2) is 0 Å². The second-order valence-electron chi connectivity index (χ2n) is 7.53. The molecule has 0 radical (unpaired) electrons. The van der Waals surface area contributed by atoms with E-state index in [0.29, 0.717) is 0 Å². The van der Waals surface area contributed by atoms with Crippen LogP contribution in [0.2, 0.25) is 0 Å². The van der Waals surface area contributed by atoms with Crippen LogP contribution in [0.5, 0.6) is 0 Å². The lowest BCUT2D eigenvalue weighted by atomic mass is 9.71. The zero-order chi connectivity index (χ0) is 13.9. The Morgan fingerprint density at radius 1 is 1.05 bits per heavy atom. The highest BCUT2D eigenvalue weighted by Gasteiger charge is 2.44. The zero-order valence-corrected chi connectivity index (χ0v) is 13.1. The molecule has 1 N–H and O–H groups in total. The molecular formula is C19H31N. The number of nitrogens with one attached hydrogen (secondary N) is 1.